The van der Waals surface area contributed by atoms with Crippen LogP contribution in [0.1, 0.15) is 23.0 Å². The number of carbonyl (C=O) groups excluding carboxylic acids is 1. The molecule has 1 aromatic heterocycles. The molecule has 0 bridgehead atoms. The molecule has 3 nitrogen and oxygen atoms in total. The number of nitrogens with zero attached hydrogens (tertiary/aromatic N) is 2. The number of aryl methyl sites for hydroxylation is 1. The fourth-order valence-corrected chi connectivity index (χ4v) is 1.54. The summed E-state index contributed by atoms with van der Waals surface area (Å²) in [5.74, 6) is 0. The first-order valence-electron chi connectivity index (χ1n) is 3.38. The lowest BCUT2D eigenvalue weighted by atomic mass is 10.3. The maximum Gasteiger partial charge on any atom is 0.154 e. The van der Waals surface area contributed by atoms with Crippen molar-refractivity contribution in [3.63, 3.8) is 0 Å². The predicted octanol–water partition coefficient (Wildman–Crippen LogP) is 1.79. The molecule has 0 amide bonds. The summed E-state index contributed by atoms with van der Waals surface area (Å²) in [6.07, 6.45) is 0.818. The number of aromatic nitrogens is 2. The van der Waals surface area contributed by atoms with Gasteiger partial charge in [-0.1, -0.05) is 0 Å². The van der Waals surface area contributed by atoms with Gasteiger partial charge in [-0.3, -0.25) is 9.48 Å². The molecule has 0 aliphatic heterocycles. The topological polar surface area (TPSA) is 34.9 Å². The molecule has 0 spiro atoms. The van der Waals surface area contributed by atoms with Crippen molar-refractivity contribution in [1.82, 2.24) is 9.78 Å². The van der Waals surface area contributed by atoms with Crippen molar-refractivity contribution in [3.05, 3.63) is 15.9 Å². The van der Waals surface area contributed by atoms with E-state index in [1.807, 2.05) is 13.8 Å². The summed E-state index contributed by atoms with van der Waals surface area (Å²) in [6, 6.07) is 0. The normalized spacial score (nSPS) is 10.1. The van der Waals surface area contributed by atoms with Gasteiger partial charge in [0, 0.05) is 12.2 Å². The number of aldehydes is 1. The van der Waals surface area contributed by atoms with Crippen molar-refractivity contribution in [3.8, 4) is 0 Å². The van der Waals surface area contributed by atoms with Crippen molar-refractivity contribution >= 4 is 22.2 Å². The van der Waals surface area contributed by atoms with Crippen LogP contribution in [0.15, 0.2) is 4.60 Å². The first-order valence-corrected chi connectivity index (χ1v) is 4.18. The van der Waals surface area contributed by atoms with Gasteiger partial charge in [0.15, 0.2) is 6.29 Å². The van der Waals surface area contributed by atoms with E-state index in [1.54, 1.807) is 4.68 Å². The third-order valence-electron chi connectivity index (χ3n) is 1.63. The van der Waals surface area contributed by atoms with E-state index < -0.39 is 0 Å². The Morgan fingerprint density at radius 3 is 2.64 bits per heavy atom. The molecular formula is C7H9BrN2O. The summed E-state index contributed by atoms with van der Waals surface area (Å²) in [5, 5.41) is 4.10. The van der Waals surface area contributed by atoms with E-state index >= 15 is 0 Å². The molecule has 0 aliphatic rings. The third-order valence-corrected chi connectivity index (χ3v) is 2.21. The highest BCUT2D eigenvalue weighted by Crippen LogP contribution is 2.16. The molecule has 60 valence electrons. The monoisotopic (exact) mass is 216 g/mol. The molecule has 0 fully saturated rings. The number of hydrogen-bond donors (Lipinski definition) is 0. The summed E-state index contributed by atoms with van der Waals surface area (Å²) in [7, 11) is 0. The fourth-order valence-electron chi connectivity index (χ4n) is 0.965. The number of hydrogen-bond acceptors (Lipinski definition) is 2. The number of halogens is 1. The second-order valence-electron chi connectivity index (χ2n) is 2.22. The molecule has 11 heavy (non-hydrogen) atoms. The zero-order valence-electron chi connectivity index (χ0n) is 6.47. The average molecular weight is 217 g/mol. The van der Waals surface area contributed by atoms with Crippen molar-refractivity contribution in [2.24, 2.45) is 0 Å². The van der Waals surface area contributed by atoms with Gasteiger partial charge in [0.25, 0.3) is 0 Å². The van der Waals surface area contributed by atoms with Crippen LogP contribution in [0.4, 0.5) is 0 Å². The molecule has 0 saturated heterocycles. The highest BCUT2D eigenvalue weighted by Gasteiger charge is 2.09. The lowest BCUT2D eigenvalue weighted by Gasteiger charge is -1.96. The van der Waals surface area contributed by atoms with E-state index in [4.69, 9.17) is 0 Å². The molecule has 1 heterocycles. The summed E-state index contributed by atoms with van der Waals surface area (Å²) in [5.41, 5.74) is 1.56. The van der Waals surface area contributed by atoms with Gasteiger partial charge >= 0.3 is 0 Å². The first-order chi connectivity index (χ1) is 5.20. The Labute approximate surface area is 73.5 Å². The quantitative estimate of drug-likeness (QED) is 0.707. The first kappa shape index (κ1) is 8.46. The van der Waals surface area contributed by atoms with Gasteiger partial charge in [0.2, 0.25) is 0 Å². The molecule has 0 saturated carbocycles. The lowest BCUT2D eigenvalue weighted by molar-refractivity contribution is 0.112. The summed E-state index contributed by atoms with van der Waals surface area (Å²) >= 11 is 3.21. The molecule has 1 rings (SSSR count). The van der Waals surface area contributed by atoms with Crippen molar-refractivity contribution in [1.29, 1.82) is 0 Å². The third kappa shape index (κ3) is 1.35. The van der Waals surface area contributed by atoms with Crippen molar-refractivity contribution in [2.75, 3.05) is 0 Å². The SMILES string of the molecule is CCn1nc(Br)c(C=O)c1C. The molecular weight excluding hydrogens is 208 g/mol. The van der Waals surface area contributed by atoms with Crippen molar-refractivity contribution < 1.29 is 4.79 Å². The Kier molecular flexibility index (Phi) is 2.44. The second-order valence-corrected chi connectivity index (χ2v) is 2.97. The van der Waals surface area contributed by atoms with Crippen LogP contribution in [0.5, 0.6) is 0 Å². The Morgan fingerprint density at radius 1 is 1.73 bits per heavy atom. The Balaban J connectivity index is 3.24. The Bertz CT molecular complexity index is 280. The van der Waals surface area contributed by atoms with Gasteiger partial charge in [-0.25, -0.2) is 0 Å². The number of carbonyl (C=O) groups is 1. The lowest BCUT2D eigenvalue weighted by Crippen LogP contribution is -1.98. The fraction of sp³-hybridized carbons (Fsp3) is 0.429. The zero-order valence-corrected chi connectivity index (χ0v) is 8.05. The van der Waals surface area contributed by atoms with Crippen LogP contribution in [0, 0.1) is 6.92 Å². The van der Waals surface area contributed by atoms with Crippen LogP contribution in [-0.2, 0) is 6.54 Å². The van der Waals surface area contributed by atoms with E-state index in [0.29, 0.717) is 10.2 Å². The van der Waals surface area contributed by atoms with Gasteiger partial charge in [-0.15, -0.1) is 0 Å². The summed E-state index contributed by atoms with van der Waals surface area (Å²) in [4.78, 5) is 10.5. The minimum absolute atomic E-state index is 0.631. The second kappa shape index (κ2) is 3.17. The number of rotatable bonds is 2. The predicted molar refractivity (Wildman–Crippen MR) is 45.7 cm³/mol. The average Bonchev–Trinajstić information content (AvgIpc) is 2.26. The van der Waals surface area contributed by atoms with E-state index in [-0.39, 0.29) is 0 Å². The maximum atomic E-state index is 10.5. The summed E-state index contributed by atoms with van der Waals surface area (Å²) in [6.45, 7) is 4.66. The zero-order chi connectivity index (χ0) is 8.43. The van der Waals surface area contributed by atoms with E-state index in [1.165, 1.54) is 0 Å². The highest BCUT2D eigenvalue weighted by atomic mass is 79.9. The van der Waals surface area contributed by atoms with Gasteiger partial charge < -0.3 is 0 Å². The van der Waals surface area contributed by atoms with Crippen LogP contribution in [0.2, 0.25) is 0 Å². The van der Waals surface area contributed by atoms with Gasteiger partial charge in [-0.2, -0.15) is 5.10 Å². The molecule has 0 aromatic carbocycles. The largest absolute Gasteiger partial charge is 0.298 e. The van der Waals surface area contributed by atoms with Crippen LogP contribution < -0.4 is 0 Å². The van der Waals surface area contributed by atoms with E-state index in [9.17, 15) is 4.79 Å². The molecule has 4 heteroatoms. The van der Waals surface area contributed by atoms with Gasteiger partial charge in [0.1, 0.15) is 4.60 Å². The van der Waals surface area contributed by atoms with Crippen LogP contribution in [-0.4, -0.2) is 16.1 Å². The van der Waals surface area contributed by atoms with Gasteiger partial charge in [0.05, 0.1) is 5.56 Å². The van der Waals surface area contributed by atoms with Crippen molar-refractivity contribution in [2.45, 2.75) is 20.4 Å². The molecule has 0 N–H and O–H groups in total. The molecule has 0 atom stereocenters. The standard InChI is InChI=1S/C7H9BrN2O/c1-3-10-5(2)6(4-11)7(8)9-10/h4H,3H2,1-2H3. The highest BCUT2D eigenvalue weighted by molar-refractivity contribution is 9.10. The van der Waals surface area contributed by atoms with E-state index in [0.717, 1.165) is 18.5 Å². The van der Waals surface area contributed by atoms with Crippen LogP contribution in [0.3, 0.4) is 0 Å². The summed E-state index contributed by atoms with van der Waals surface area (Å²) < 4.78 is 2.42. The molecule has 0 unspecified atom stereocenters. The maximum absolute atomic E-state index is 10.5. The molecule has 0 radical (unpaired) electrons. The van der Waals surface area contributed by atoms with Crippen LogP contribution in [0.25, 0.3) is 0 Å². The van der Waals surface area contributed by atoms with E-state index in [2.05, 4.69) is 21.0 Å². The molecule has 1 aromatic rings. The Hall–Kier alpha value is -0.640. The van der Waals surface area contributed by atoms with Crippen LogP contribution >= 0.6 is 15.9 Å². The Morgan fingerprint density at radius 2 is 2.36 bits per heavy atom. The molecule has 0 aliphatic carbocycles. The smallest absolute Gasteiger partial charge is 0.154 e. The minimum Gasteiger partial charge on any atom is -0.298 e. The minimum atomic E-state index is 0.631. The van der Waals surface area contributed by atoms with Gasteiger partial charge in [-0.05, 0) is 29.8 Å².